The molecule has 0 amide bonds. The Hall–Kier alpha value is 0.372. The molecule has 0 saturated carbocycles. The second-order valence-corrected chi connectivity index (χ2v) is 3.42. The summed E-state index contributed by atoms with van der Waals surface area (Å²) in [5.41, 5.74) is 0. The maximum absolute atomic E-state index is 3.97. The molecular formula is C16H40CrN4. The molecule has 0 atom stereocenters. The van der Waals surface area contributed by atoms with Crippen LogP contribution in [0, 0.1) is 0 Å². The van der Waals surface area contributed by atoms with Crippen LogP contribution in [-0.2, 0) is 17.4 Å². The molecule has 0 aromatic heterocycles. The van der Waals surface area contributed by atoms with Gasteiger partial charge in [-0.1, -0.05) is 55.4 Å². The van der Waals surface area contributed by atoms with Gasteiger partial charge in [0.2, 0.25) is 0 Å². The van der Waals surface area contributed by atoms with Gasteiger partial charge >= 0.3 is 17.4 Å². The molecule has 0 radical (unpaired) electrons. The van der Waals surface area contributed by atoms with Gasteiger partial charge in [0.15, 0.2) is 0 Å². The molecular weight excluding hydrogens is 300 g/mol. The van der Waals surface area contributed by atoms with E-state index in [1.807, 2.05) is 55.4 Å². The van der Waals surface area contributed by atoms with E-state index in [4.69, 9.17) is 0 Å². The largest absolute Gasteiger partial charge is 4.00 e. The monoisotopic (exact) mass is 340 g/mol. The van der Waals surface area contributed by atoms with Crippen LogP contribution in [0.2, 0.25) is 0 Å². The Morgan fingerprint density at radius 1 is 0.333 bits per heavy atom. The van der Waals surface area contributed by atoms with Crippen molar-refractivity contribution in [1.29, 1.82) is 0 Å². The van der Waals surface area contributed by atoms with Crippen LogP contribution in [0.5, 0.6) is 0 Å². The van der Waals surface area contributed by atoms with Gasteiger partial charge in [-0.15, -0.1) is 0 Å². The van der Waals surface area contributed by atoms with Crippen molar-refractivity contribution >= 4 is 0 Å². The number of rotatable bonds is 8. The smallest absolute Gasteiger partial charge is 0.663 e. The number of nitrogens with zero attached hydrogens (tertiary/aromatic N) is 4. The Balaban J connectivity index is -0.0000000533. The van der Waals surface area contributed by atoms with Crippen molar-refractivity contribution in [2.45, 2.75) is 55.4 Å². The molecule has 0 heterocycles. The summed E-state index contributed by atoms with van der Waals surface area (Å²) in [5.74, 6) is 0. The summed E-state index contributed by atoms with van der Waals surface area (Å²) in [6, 6.07) is 0. The van der Waals surface area contributed by atoms with Crippen LogP contribution < -0.4 is 0 Å². The average molecular weight is 341 g/mol. The molecule has 0 aliphatic carbocycles. The zero-order valence-corrected chi connectivity index (χ0v) is 17.1. The van der Waals surface area contributed by atoms with Gasteiger partial charge < -0.3 is 21.3 Å². The van der Waals surface area contributed by atoms with Crippen molar-refractivity contribution in [2.75, 3.05) is 52.4 Å². The molecule has 0 spiro atoms. The first-order valence-electron chi connectivity index (χ1n) is 8.19. The Kier molecular flexibility index (Phi) is 78.7. The minimum atomic E-state index is 0. The molecule has 0 fully saturated rings. The van der Waals surface area contributed by atoms with Gasteiger partial charge in [-0.25, -0.2) is 0 Å². The van der Waals surface area contributed by atoms with E-state index in [1.165, 1.54) is 0 Å². The minimum Gasteiger partial charge on any atom is -0.663 e. The Morgan fingerprint density at radius 3 is 0.429 bits per heavy atom. The zero-order chi connectivity index (χ0) is 16.5. The SMILES string of the molecule is CC[N-]CC.CC[N-]CC.CC[N-]CC.CC[N-]CC.[Cr+4]. The summed E-state index contributed by atoms with van der Waals surface area (Å²) < 4.78 is 0. The summed E-state index contributed by atoms with van der Waals surface area (Å²) in [4.78, 5) is 0. The van der Waals surface area contributed by atoms with Crippen LogP contribution >= 0.6 is 0 Å². The van der Waals surface area contributed by atoms with Crippen LogP contribution in [0.15, 0.2) is 0 Å². The van der Waals surface area contributed by atoms with Crippen LogP contribution in [0.1, 0.15) is 55.4 Å². The van der Waals surface area contributed by atoms with E-state index >= 15 is 0 Å². The molecule has 0 rings (SSSR count). The second kappa shape index (κ2) is 49.9. The van der Waals surface area contributed by atoms with E-state index in [0.717, 1.165) is 52.4 Å². The standard InChI is InChI=1S/4C4H10N.Cr/c4*1-3-5-4-2;/h4*3-4H2,1-2H3;/q4*-1;+4. The molecule has 130 valence electrons. The fourth-order valence-electron chi connectivity index (χ4n) is 0.894. The fraction of sp³-hybridized carbons (Fsp3) is 1.00. The third-order valence-electron chi connectivity index (χ3n) is 1.79. The van der Waals surface area contributed by atoms with Gasteiger partial charge in [-0.2, -0.15) is 52.4 Å². The van der Waals surface area contributed by atoms with Crippen LogP contribution in [0.4, 0.5) is 0 Å². The van der Waals surface area contributed by atoms with Crippen molar-refractivity contribution < 1.29 is 17.4 Å². The van der Waals surface area contributed by atoms with Gasteiger partial charge in [-0.3, -0.25) is 0 Å². The molecule has 4 nitrogen and oxygen atoms in total. The predicted octanol–water partition coefficient (Wildman–Crippen LogP) is 5.60. The van der Waals surface area contributed by atoms with Gasteiger partial charge in [0.25, 0.3) is 0 Å². The first kappa shape index (κ1) is 33.1. The van der Waals surface area contributed by atoms with E-state index in [1.54, 1.807) is 0 Å². The third-order valence-corrected chi connectivity index (χ3v) is 1.79. The first-order chi connectivity index (χ1) is 9.66. The van der Waals surface area contributed by atoms with Crippen molar-refractivity contribution in [3.05, 3.63) is 21.3 Å². The van der Waals surface area contributed by atoms with Crippen LogP contribution in [0.25, 0.3) is 21.3 Å². The van der Waals surface area contributed by atoms with Crippen LogP contribution in [0.3, 0.4) is 0 Å². The maximum atomic E-state index is 3.97. The van der Waals surface area contributed by atoms with Crippen molar-refractivity contribution in [1.82, 2.24) is 0 Å². The molecule has 0 bridgehead atoms. The molecule has 0 aromatic carbocycles. The fourth-order valence-corrected chi connectivity index (χ4v) is 0.894. The second-order valence-electron chi connectivity index (χ2n) is 3.42. The average Bonchev–Trinajstić information content (AvgIpc) is 2.44. The molecule has 0 unspecified atom stereocenters. The molecule has 0 N–H and O–H groups in total. The summed E-state index contributed by atoms with van der Waals surface area (Å²) in [6.07, 6.45) is 0. The third kappa shape index (κ3) is 98.1. The normalized spacial score (nSPS) is 8.00. The number of hydrogen-bond acceptors (Lipinski definition) is 0. The molecule has 21 heavy (non-hydrogen) atoms. The molecule has 0 aliphatic heterocycles. The molecule has 5 heteroatoms. The van der Waals surface area contributed by atoms with E-state index < -0.39 is 0 Å². The van der Waals surface area contributed by atoms with Gasteiger partial charge in [0.1, 0.15) is 0 Å². The predicted molar refractivity (Wildman–Crippen MR) is 97.8 cm³/mol. The van der Waals surface area contributed by atoms with Crippen molar-refractivity contribution in [3.8, 4) is 0 Å². The Labute approximate surface area is 146 Å². The van der Waals surface area contributed by atoms with Crippen molar-refractivity contribution in [3.63, 3.8) is 0 Å². The molecule has 0 aliphatic rings. The molecule has 0 aromatic rings. The van der Waals surface area contributed by atoms with Crippen LogP contribution in [-0.4, -0.2) is 52.4 Å². The Morgan fingerprint density at radius 2 is 0.429 bits per heavy atom. The summed E-state index contributed by atoms with van der Waals surface area (Å²) in [6.45, 7) is 24.1. The van der Waals surface area contributed by atoms with E-state index in [2.05, 4.69) is 21.3 Å². The maximum Gasteiger partial charge on any atom is 4.00 e. The quantitative estimate of drug-likeness (QED) is 0.552. The zero-order valence-electron chi connectivity index (χ0n) is 15.9. The topological polar surface area (TPSA) is 56.4 Å². The number of hydrogen-bond donors (Lipinski definition) is 0. The first-order valence-corrected chi connectivity index (χ1v) is 8.19. The Bertz CT molecular complexity index is 74.3. The minimum absolute atomic E-state index is 0. The summed E-state index contributed by atoms with van der Waals surface area (Å²) in [5, 5.41) is 15.9. The van der Waals surface area contributed by atoms with Crippen molar-refractivity contribution in [2.24, 2.45) is 0 Å². The van der Waals surface area contributed by atoms with Gasteiger partial charge in [0, 0.05) is 0 Å². The van der Waals surface area contributed by atoms with Gasteiger partial charge in [0.05, 0.1) is 0 Å². The van der Waals surface area contributed by atoms with E-state index in [9.17, 15) is 0 Å². The summed E-state index contributed by atoms with van der Waals surface area (Å²) in [7, 11) is 0. The van der Waals surface area contributed by atoms with E-state index in [-0.39, 0.29) is 17.4 Å². The van der Waals surface area contributed by atoms with Gasteiger partial charge in [-0.05, 0) is 0 Å². The van der Waals surface area contributed by atoms with E-state index in [0.29, 0.717) is 0 Å². The molecule has 0 saturated heterocycles. The summed E-state index contributed by atoms with van der Waals surface area (Å²) >= 11 is 0.